The van der Waals surface area contributed by atoms with E-state index in [1.165, 1.54) is 6.20 Å². The molecule has 6 heavy (non-hydrogen) atoms. The van der Waals surface area contributed by atoms with Crippen molar-refractivity contribution in [2.45, 2.75) is 0 Å². The smallest absolute Gasteiger partial charge is 0.0708 e. The molecule has 4 heteroatoms. The maximum atomic E-state index is 5.20. The predicted octanol–water partition coefficient (Wildman–Crippen LogP) is 0.280. The Morgan fingerprint density at radius 1 is 1.67 bits per heavy atom. The van der Waals surface area contributed by atoms with Crippen molar-refractivity contribution in [3.05, 3.63) is 12.4 Å². The average molecular weight is 104 g/mol. The van der Waals surface area contributed by atoms with Gasteiger partial charge < -0.3 is 0 Å². The lowest BCUT2D eigenvalue weighted by molar-refractivity contribution is 0.879. The van der Waals surface area contributed by atoms with Crippen LogP contribution in [-0.2, 0) is 0 Å². The van der Waals surface area contributed by atoms with Crippen LogP contribution in [0.1, 0.15) is 0 Å². The van der Waals surface area contributed by atoms with Crippen LogP contribution in [0.5, 0.6) is 0 Å². The summed E-state index contributed by atoms with van der Waals surface area (Å²) in [5, 5.41) is 6.75. The van der Waals surface area contributed by atoms with Crippen LogP contribution in [0.25, 0.3) is 0 Å². The number of hydrogen-bond acceptors (Lipinski definition) is 2. The lowest BCUT2D eigenvalue weighted by Crippen LogP contribution is -1.76. The van der Waals surface area contributed by atoms with E-state index in [-0.39, 0.29) is 0 Å². The highest BCUT2D eigenvalue weighted by molar-refractivity contribution is 6.14. The number of halogens is 1. The lowest BCUT2D eigenvalue weighted by Gasteiger charge is -1.68. The highest BCUT2D eigenvalue weighted by Crippen LogP contribution is 1.77. The van der Waals surface area contributed by atoms with Gasteiger partial charge >= 0.3 is 0 Å². The molecule has 32 valence electrons. The monoisotopic (exact) mass is 103 g/mol. The number of hydrogen-bond donors (Lipinski definition) is 0. The molecule has 0 N–H and O–H groups in total. The van der Waals surface area contributed by atoms with E-state index in [9.17, 15) is 0 Å². The predicted molar refractivity (Wildman–Crippen MR) is 21.3 cm³/mol. The van der Waals surface area contributed by atoms with Crippen molar-refractivity contribution in [2.75, 3.05) is 0 Å². The van der Waals surface area contributed by atoms with Crippen molar-refractivity contribution in [2.24, 2.45) is 0 Å². The Hall–Kier alpha value is -0.570. The second-order valence-corrected chi connectivity index (χ2v) is 1.14. The number of rotatable bonds is 0. The Balaban J connectivity index is 3.05. The van der Waals surface area contributed by atoms with Gasteiger partial charge in [-0.25, -0.2) is 0 Å². The minimum absolute atomic E-state index is 1.11. The Morgan fingerprint density at radius 2 is 2.50 bits per heavy atom. The molecule has 1 heterocycles. The molecular formula is C2H2ClN3. The van der Waals surface area contributed by atoms with E-state index in [4.69, 9.17) is 11.8 Å². The van der Waals surface area contributed by atoms with Crippen molar-refractivity contribution in [1.82, 2.24) is 14.5 Å². The zero-order valence-electron chi connectivity index (χ0n) is 2.87. The summed E-state index contributed by atoms with van der Waals surface area (Å²) in [5.74, 6) is 0. The minimum atomic E-state index is 1.11. The molecule has 0 fully saturated rings. The van der Waals surface area contributed by atoms with Crippen molar-refractivity contribution in [3.8, 4) is 0 Å². The highest BCUT2D eigenvalue weighted by atomic mass is 35.5. The molecule has 0 aliphatic rings. The molecule has 1 aromatic rings. The van der Waals surface area contributed by atoms with Crippen LogP contribution >= 0.6 is 11.8 Å². The zero-order valence-corrected chi connectivity index (χ0v) is 3.63. The molecule has 0 saturated carbocycles. The van der Waals surface area contributed by atoms with Gasteiger partial charge in [0.1, 0.15) is 0 Å². The van der Waals surface area contributed by atoms with Crippen LogP contribution in [-0.4, -0.2) is 14.5 Å². The van der Waals surface area contributed by atoms with Gasteiger partial charge in [-0.15, -0.1) is 5.10 Å². The summed E-state index contributed by atoms with van der Waals surface area (Å²) in [4.78, 5) is 0. The van der Waals surface area contributed by atoms with E-state index >= 15 is 0 Å². The first kappa shape index (κ1) is 3.61. The Kier molecular flexibility index (Phi) is 0.759. The molecule has 0 aromatic carbocycles. The van der Waals surface area contributed by atoms with Crippen molar-refractivity contribution in [3.63, 3.8) is 0 Å². The summed E-state index contributed by atoms with van der Waals surface area (Å²) in [5.41, 5.74) is 0. The standard InChI is InChI=1S/C2H2ClN3/c3-6-2-1-4-5-6/h1-2H. The van der Waals surface area contributed by atoms with Gasteiger partial charge in [0, 0.05) is 11.8 Å². The van der Waals surface area contributed by atoms with E-state index < -0.39 is 0 Å². The maximum Gasteiger partial charge on any atom is 0.0708 e. The molecular weight excluding hydrogens is 101 g/mol. The van der Waals surface area contributed by atoms with Crippen LogP contribution in [0.15, 0.2) is 12.4 Å². The summed E-state index contributed by atoms with van der Waals surface area (Å²) >= 11 is 5.20. The molecule has 0 aliphatic heterocycles. The molecule has 0 radical (unpaired) electrons. The third-order valence-corrected chi connectivity index (χ3v) is 0.574. The summed E-state index contributed by atoms with van der Waals surface area (Å²) in [7, 11) is 0. The zero-order chi connectivity index (χ0) is 4.41. The Morgan fingerprint density at radius 3 is 2.67 bits per heavy atom. The Labute approximate surface area is 39.6 Å². The van der Waals surface area contributed by atoms with E-state index in [0.29, 0.717) is 0 Å². The maximum absolute atomic E-state index is 5.20. The first-order valence-electron chi connectivity index (χ1n) is 1.42. The van der Waals surface area contributed by atoms with Gasteiger partial charge in [0.2, 0.25) is 0 Å². The molecule has 1 rings (SSSR count). The Bertz CT molecular complexity index is 112. The van der Waals surface area contributed by atoms with Crippen LogP contribution in [0.3, 0.4) is 0 Å². The molecule has 0 amide bonds. The van der Waals surface area contributed by atoms with Gasteiger partial charge in [0.15, 0.2) is 0 Å². The summed E-state index contributed by atoms with van der Waals surface area (Å²) in [6.45, 7) is 0. The van der Waals surface area contributed by atoms with Gasteiger partial charge in [0.05, 0.1) is 12.4 Å². The van der Waals surface area contributed by atoms with E-state index in [0.717, 1.165) is 4.20 Å². The largest absolute Gasteiger partial charge is 0.160 e. The van der Waals surface area contributed by atoms with Crippen LogP contribution < -0.4 is 0 Å². The molecule has 0 bridgehead atoms. The fraction of sp³-hybridized carbons (Fsp3) is 0. The van der Waals surface area contributed by atoms with Crippen LogP contribution in [0.2, 0.25) is 0 Å². The SMILES string of the molecule is Cln1ccnn1. The van der Waals surface area contributed by atoms with E-state index in [2.05, 4.69) is 10.3 Å². The van der Waals surface area contributed by atoms with Gasteiger partial charge in [-0.1, -0.05) is 5.21 Å². The summed E-state index contributed by atoms with van der Waals surface area (Å²) in [6.07, 6.45) is 3.05. The fourth-order valence-corrected chi connectivity index (χ4v) is 0.283. The summed E-state index contributed by atoms with van der Waals surface area (Å²) in [6, 6.07) is 0. The first-order chi connectivity index (χ1) is 2.89. The second-order valence-electron chi connectivity index (χ2n) is 0.792. The third kappa shape index (κ3) is 0.490. The first-order valence-corrected chi connectivity index (χ1v) is 1.76. The van der Waals surface area contributed by atoms with Crippen molar-refractivity contribution >= 4 is 11.8 Å². The topological polar surface area (TPSA) is 30.7 Å². The highest BCUT2D eigenvalue weighted by Gasteiger charge is 1.74. The van der Waals surface area contributed by atoms with Crippen molar-refractivity contribution < 1.29 is 0 Å². The van der Waals surface area contributed by atoms with E-state index in [1.807, 2.05) is 0 Å². The molecule has 0 spiro atoms. The van der Waals surface area contributed by atoms with Crippen LogP contribution in [0, 0.1) is 0 Å². The molecule has 0 aliphatic carbocycles. The van der Waals surface area contributed by atoms with E-state index in [1.54, 1.807) is 6.20 Å². The molecule has 1 aromatic heterocycles. The number of aromatic nitrogens is 3. The minimum Gasteiger partial charge on any atom is -0.160 e. The van der Waals surface area contributed by atoms with Gasteiger partial charge in [-0.05, 0) is 0 Å². The van der Waals surface area contributed by atoms with Crippen molar-refractivity contribution in [1.29, 1.82) is 0 Å². The lowest BCUT2D eigenvalue weighted by atomic mass is 11.0. The van der Waals surface area contributed by atoms with Gasteiger partial charge in [-0.2, -0.15) is 4.20 Å². The average Bonchev–Trinajstić information content (AvgIpc) is 1.86. The number of nitrogens with zero attached hydrogens (tertiary/aromatic N) is 3. The van der Waals surface area contributed by atoms with Gasteiger partial charge in [-0.3, -0.25) is 0 Å². The van der Waals surface area contributed by atoms with Gasteiger partial charge in [0.25, 0.3) is 0 Å². The quantitative estimate of drug-likeness (QED) is 0.472. The molecule has 0 unspecified atom stereocenters. The molecule has 0 atom stereocenters. The third-order valence-electron chi connectivity index (χ3n) is 0.393. The molecule has 0 saturated heterocycles. The van der Waals surface area contributed by atoms with Crippen LogP contribution in [0.4, 0.5) is 0 Å². The normalized spacial score (nSPS) is 8.83. The summed E-state index contributed by atoms with van der Waals surface area (Å²) < 4.78 is 1.11. The second kappa shape index (κ2) is 1.26. The fourth-order valence-electron chi connectivity index (χ4n) is 0.194. The molecule has 3 nitrogen and oxygen atoms in total.